The molecule has 6 nitrogen and oxygen atoms in total. The highest BCUT2D eigenvalue weighted by atomic mass is 79.9. The fourth-order valence-corrected chi connectivity index (χ4v) is 4.04. The van der Waals surface area contributed by atoms with Crippen molar-refractivity contribution in [2.45, 2.75) is 18.4 Å². The van der Waals surface area contributed by atoms with Crippen LogP contribution in [0.5, 0.6) is 0 Å². The van der Waals surface area contributed by atoms with Crippen molar-refractivity contribution in [2.24, 2.45) is 0 Å². The molecule has 2 aliphatic rings. The molecular weight excluding hydrogens is 398 g/mol. The molecule has 1 aliphatic carbocycles. The number of amides is 4. The zero-order valence-electron chi connectivity index (χ0n) is 13.8. The molecule has 1 fully saturated rings. The first-order chi connectivity index (χ1) is 12.5. The maximum Gasteiger partial charge on any atom is 0.325 e. The van der Waals surface area contributed by atoms with Crippen LogP contribution in [0.15, 0.2) is 53.0 Å². The second-order valence-corrected chi connectivity index (χ2v) is 7.36. The Bertz CT molecular complexity index is 930. The summed E-state index contributed by atoms with van der Waals surface area (Å²) in [6, 6.07) is 14.2. The van der Waals surface area contributed by atoms with E-state index in [4.69, 9.17) is 0 Å². The molecule has 1 atom stereocenters. The number of carbonyl (C=O) groups excluding carboxylic acids is 3. The SMILES string of the molecule is O=C(CN1C(=O)N[C@@]2(CCc3ccccc32)C1=O)Nc1cccc(Br)c1. The molecular formula is C19H16BrN3O3. The topological polar surface area (TPSA) is 78.5 Å². The van der Waals surface area contributed by atoms with Gasteiger partial charge in [0.25, 0.3) is 5.91 Å². The van der Waals surface area contributed by atoms with E-state index in [0.717, 1.165) is 26.9 Å². The monoisotopic (exact) mass is 413 g/mol. The number of nitrogens with zero attached hydrogens (tertiary/aromatic N) is 1. The van der Waals surface area contributed by atoms with Crippen LogP contribution in [-0.4, -0.2) is 29.3 Å². The van der Waals surface area contributed by atoms with Gasteiger partial charge in [0.1, 0.15) is 12.1 Å². The first kappa shape index (κ1) is 16.8. The van der Waals surface area contributed by atoms with Crippen molar-refractivity contribution in [1.29, 1.82) is 0 Å². The third-order valence-corrected chi connectivity index (χ3v) is 5.33. The lowest BCUT2D eigenvalue weighted by Crippen LogP contribution is -2.42. The van der Waals surface area contributed by atoms with Gasteiger partial charge in [0.05, 0.1) is 0 Å². The van der Waals surface area contributed by atoms with Crippen LogP contribution in [-0.2, 0) is 21.5 Å². The number of rotatable bonds is 3. The van der Waals surface area contributed by atoms with E-state index in [1.54, 1.807) is 18.2 Å². The van der Waals surface area contributed by atoms with Crippen molar-refractivity contribution < 1.29 is 14.4 Å². The van der Waals surface area contributed by atoms with Gasteiger partial charge in [-0.15, -0.1) is 0 Å². The van der Waals surface area contributed by atoms with Crippen LogP contribution in [0.25, 0.3) is 0 Å². The number of urea groups is 1. The van der Waals surface area contributed by atoms with Crippen molar-refractivity contribution in [3.05, 3.63) is 64.1 Å². The van der Waals surface area contributed by atoms with Gasteiger partial charge >= 0.3 is 6.03 Å². The van der Waals surface area contributed by atoms with Gasteiger partial charge in [-0.1, -0.05) is 46.3 Å². The number of benzene rings is 2. The molecule has 1 spiro atoms. The van der Waals surface area contributed by atoms with Crippen LogP contribution in [0.3, 0.4) is 0 Å². The first-order valence-corrected chi connectivity index (χ1v) is 9.07. The molecule has 7 heteroatoms. The molecule has 1 aliphatic heterocycles. The van der Waals surface area contributed by atoms with Crippen LogP contribution in [0.1, 0.15) is 17.5 Å². The first-order valence-electron chi connectivity index (χ1n) is 8.27. The van der Waals surface area contributed by atoms with Crippen LogP contribution < -0.4 is 10.6 Å². The molecule has 2 aromatic carbocycles. The molecule has 0 aromatic heterocycles. The number of carbonyl (C=O) groups is 3. The summed E-state index contributed by atoms with van der Waals surface area (Å²) < 4.78 is 0.826. The number of fused-ring (bicyclic) bond motifs is 2. The average molecular weight is 414 g/mol. The maximum atomic E-state index is 13.0. The summed E-state index contributed by atoms with van der Waals surface area (Å²) in [5, 5.41) is 5.52. The van der Waals surface area contributed by atoms with Crippen LogP contribution in [0.2, 0.25) is 0 Å². The van der Waals surface area contributed by atoms with Gasteiger partial charge in [-0.25, -0.2) is 4.79 Å². The van der Waals surface area contributed by atoms with E-state index in [0.29, 0.717) is 12.1 Å². The number of hydrogen-bond acceptors (Lipinski definition) is 3. The van der Waals surface area contributed by atoms with Gasteiger partial charge in [0, 0.05) is 10.2 Å². The predicted molar refractivity (Wildman–Crippen MR) is 99.5 cm³/mol. The zero-order valence-corrected chi connectivity index (χ0v) is 15.4. The lowest BCUT2D eigenvalue weighted by Gasteiger charge is -2.22. The predicted octanol–water partition coefficient (Wildman–Crippen LogP) is 2.78. The normalized spacial score (nSPS) is 21.0. The van der Waals surface area contributed by atoms with Gasteiger partial charge in [-0.3, -0.25) is 14.5 Å². The van der Waals surface area contributed by atoms with Crippen molar-refractivity contribution in [2.75, 3.05) is 11.9 Å². The zero-order chi connectivity index (χ0) is 18.3. The summed E-state index contributed by atoms with van der Waals surface area (Å²) in [5.41, 5.74) is 1.44. The average Bonchev–Trinajstić information content (AvgIpc) is 3.09. The Balaban J connectivity index is 1.53. The van der Waals surface area contributed by atoms with E-state index in [2.05, 4.69) is 26.6 Å². The quantitative estimate of drug-likeness (QED) is 0.759. The molecule has 0 unspecified atom stereocenters. The Morgan fingerprint density at radius 1 is 1.19 bits per heavy atom. The molecule has 0 saturated carbocycles. The molecule has 4 rings (SSSR count). The van der Waals surface area contributed by atoms with E-state index < -0.39 is 17.5 Å². The highest BCUT2D eigenvalue weighted by Gasteiger charge is 2.55. The minimum Gasteiger partial charge on any atom is -0.324 e. The third-order valence-electron chi connectivity index (χ3n) is 4.83. The fourth-order valence-electron chi connectivity index (χ4n) is 3.64. The number of imide groups is 1. The van der Waals surface area contributed by atoms with Gasteiger partial charge in [-0.2, -0.15) is 0 Å². The Morgan fingerprint density at radius 3 is 2.81 bits per heavy atom. The summed E-state index contributed by atoms with van der Waals surface area (Å²) in [7, 11) is 0. The van der Waals surface area contributed by atoms with Crippen molar-refractivity contribution in [3.8, 4) is 0 Å². The molecule has 132 valence electrons. The Morgan fingerprint density at radius 2 is 2.00 bits per heavy atom. The van der Waals surface area contributed by atoms with Crippen molar-refractivity contribution >= 4 is 39.5 Å². The van der Waals surface area contributed by atoms with Crippen LogP contribution >= 0.6 is 15.9 Å². The standard InChI is InChI=1S/C19H16BrN3O3/c20-13-5-3-6-14(10-13)21-16(24)11-23-17(25)19(22-18(23)26)9-8-12-4-1-2-7-15(12)19/h1-7,10H,8-9,11H2,(H,21,24)(H,22,26)/t19-/m1/s1. The molecule has 1 saturated heterocycles. The molecule has 1 heterocycles. The highest BCUT2D eigenvalue weighted by molar-refractivity contribution is 9.10. The van der Waals surface area contributed by atoms with E-state index >= 15 is 0 Å². The van der Waals surface area contributed by atoms with Gasteiger partial charge < -0.3 is 10.6 Å². The molecule has 2 aromatic rings. The number of nitrogens with one attached hydrogen (secondary N) is 2. The lowest BCUT2D eigenvalue weighted by molar-refractivity contribution is -0.134. The Labute approximate surface area is 158 Å². The number of aryl methyl sites for hydroxylation is 1. The van der Waals surface area contributed by atoms with E-state index in [1.165, 1.54) is 0 Å². The lowest BCUT2D eigenvalue weighted by atomic mass is 9.92. The third kappa shape index (κ3) is 2.68. The summed E-state index contributed by atoms with van der Waals surface area (Å²) in [6.45, 7) is -0.318. The largest absolute Gasteiger partial charge is 0.325 e. The van der Waals surface area contributed by atoms with Crippen LogP contribution in [0, 0.1) is 0 Å². The molecule has 2 N–H and O–H groups in total. The molecule has 4 amide bonds. The minimum absolute atomic E-state index is 0.318. The fraction of sp³-hybridized carbons (Fsp3) is 0.211. The molecule has 0 radical (unpaired) electrons. The van der Waals surface area contributed by atoms with Crippen molar-refractivity contribution in [1.82, 2.24) is 10.2 Å². The second kappa shape index (κ2) is 6.25. The van der Waals surface area contributed by atoms with Crippen molar-refractivity contribution in [3.63, 3.8) is 0 Å². The molecule has 26 heavy (non-hydrogen) atoms. The minimum atomic E-state index is -1.04. The Kier molecular flexibility index (Phi) is 4.03. The second-order valence-electron chi connectivity index (χ2n) is 6.44. The van der Waals surface area contributed by atoms with E-state index in [1.807, 2.05) is 30.3 Å². The van der Waals surface area contributed by atoms with E-state index in [-0.39, 0.29) is 12.5 Å². The summed E-state index contributed by atoms with van der Waals surface area (Å²) in [6.07, 6.45) is 1.24. The number of anilines is 1. The van der Waals surface area contributed by atoms with E-state index in [9.17, 15) is 14.4 Å². The maximum absolute atomic E-state index is 13.0. The highest BCUT2D eigenvalue weighted by Crippen LogP contribution is 2.41. The number of hydrogen-bond donors (Lipinski definition) is 2. The summed E-state index contributed by atoms with van der Waals surface area (Å²) in [5.74, 6) is -0.785. The Hall–Kier alpha value is -2.67. The summed E-state index contributed by atoms with van der Waals surface area (Å²) in [4.78, 5) is 38.7. The number of halogens is 1. The van der Waals surface area contributed by atoms with Gasteiger partial charge in [-0.05, 0) is 42.2 Å². The van der Waals surface area contributed by atoms with Gasteiger partial charge in [0.15, 0.2) is 0 Å². The smallest absolute Gasteiger partial charge is 0.324 e. The molecule has 0 bridgehead atoms. The van der Waals surface area contributed by atoms with Gasteiger partial charge in [0.2, 0.25) is 5.91 Å². The van der Waals surface area contributed by atoms with Crippen LogP contribution in [0.4, 0.5) is 10.5 Å². The summed E-state index contributed by atoms with van der Waals surface area (Å²) >= 11 is 3.34.